The van der Waals surface area contributed by atoms with Crippen molar-refractivity contribution in [1.29, 1.82) is 0 Å². The zero-order chi connectivity index (χ0) is 43.4. The molecule has 5 aromatic rings. The van der Waals surface area contributed by atoms with Crippen LogP contribution in [0.3, 0.4) is 0 Å². The van der Waals surface area contributed by atoms with Crippen LogP contribution < -0.4 is 45.7 Å². The van der Waals surface area contributed by atoms with Gasteiger partial charge < -0.3 is 77.4 Å². The lowest BCUT2D eigenvalue weighted by Crippen LogP contribution is -2.55. The van der Waals surface area contributed by atoms with Gasteiger partial charge in [0.25, 0.3) is 5.56 Å². The minimum absolute atomic E-state index is 0.00839. The molecule has 8 rings (SSSR count). The molecule has 0 unspecified atom stereocenters. The molecule has 3 fully saturated rings. The topological polar surface area (TPSA) is 508 Å². The molecular formula is C29H42N16O14. The smallest absolute Gasteiger partial charge is 0.351 e. The van der Waals surface area contributed by atoms with Crippen molar-refractivity contribution >= 4 is 39.9 Å². The number of fused-ring (bicyclic) bond motifs is 2. The molecule has 5 aromatic heterocycles. The Morgan fingerprint density at radius 1 is 0.661 bits per heavy atom. The fraction of sp³-hybridized carbons (Fsp3) is 0.517. The van der Waals surface area contributed by atoms with Gasteiger partial charge in [-0.3, -0.25) is 40.7 Å². The SMILES string of the molecule is Nc1ccn([C@@H]2O[C@H](CO)[C@@H](O)[C@@]2(N)O)c(=O)n1.Nc1nc2c(ncn2[C@@H]2O[C@H](CO)[C@@H](O)[C@@]2(N)O)c(=O)[nH]1.Nc1ncnc2c1ncn2[C@@H]1O[C@H](CO)[C@@H](O)[C@@]1(N)O. The van der Waals surface area contributed by atoms with Crippen LogP contribution in [0.5, 0.6) is 0 Å². The Hall–Kier alpha value is -5.42. The van der Waals surface area contributed by atoms with Gasteiger partial charge in [-0.2, -0.15) is 9.97 Å². The predicted molar refractivity (Wildman–Crippen MR) is 194 cm³/mol. The van der Waals surface area contributed by atoms with Crippen molar-refractivity contribution in [1.82, 2.24) is 48.6 Å². The molecule has 30 nitrogen and oxygen atoms in total. The van der Waals surface area contributed by atoms with Crippen LogP contribution in [0.4, 0.5) is 17.6 Å². The molecule has 12 atom stereocenters. The van der Waals surface area contributed by atoms with Crippen LogP contribution in [0.15, 0.2) is 40.8 Å². The van der Waals surface area contributed by atoms with Gasteiger partial charge in [-0.1, -0.05) is 0 Å². The van der Waals surface area contributed by atoms with Crippen molar-refractivity contribution in [3.05, 3.63) is 52.1 Å². The molecule has 0 spiro atoms. The molecule has 22 N–H and O–H groups in total. The summed E-state index contributed by atoms with van der Waals surface area (Å²) in [6.45, 7) is -1.57. The van der Waals surface area contributed by atoms with Gasteiger partial charge in [0, 0.05) is 6.20 Å². The van der Waals surface area contributed by atoms with Crippen LogP contribution in [0.2, 0.25) is 0 Å². The normalized spacial score (nSPS) is 34.1. The molecule has 3 aliphatic heterocycles. The van der Waals surface area contributed by atoms with E-state index in [0.717, 1.165) is 4.57 Å². The summed E-state index contributed by atoms with van der Waals surface area (Å²) in [6, 6.07) is 1.32. The van der Waals surface area contributed by atoms with E-state index < -0.39 is 104 Å². The average molecular weight is 839 g/mol. The van der Waals surface area contributed by atoms with Crippen molar-refractivity contribution in [2.24, 2.45) is 17.2 Å². The maximum atomic E-state index is 11.7. The molecule has 0 amide bonds. The predicted octanol–water partition coefficient (Wildman–Crippen LogP) is -9.37. The number of anilines is 3. The van der Waals surface area contributed by atoms with Crippen molar-refractivity contribution in [2.75, 3.05) is 37.0 Å². The summed E-state index contributed by atoms with van der Waals surface area (Å²) < 4.78 is 19.3. The fourth-order valence-electron chi connectivity index (χ4n) is 6.43. The van der Waals surface area contributed by atoms with Gasteiger partial charge in [0.15, 0.2) is 58.5 Å². The second-order valence-corrected chi connectivity index (χ2v) is 13.5. The molecular weight excluding hydrogens is 796 g/mol. The summed E-state index contributed by atoms with van der Waals surface area (Å²) >= 11 is 0. The number of imidazole rings is 2. The number of nitrogens with two attached hydrogens (primary N) is 6. The highest BCUT2D eigenvalue weighted by Crippen LogP contribution is 2.38. The van der Waals surface area contributed by atoms with Crippen molar-refractivity contribution < 1.29 is 60.2 Å². The second kappa shape index (κ2) is 16.0. The Balaban J connectivity index is 0.000000149. The van der Waals surface area contributed by atoms with Gasteiger partial charge in [-0.15, -0.1) is 0 Å². The van der Waals surface area contributed by atoms with Crippen LogP contribution in [0.1, 0.15) is 18.7 Å². The average Bonchev–Trinajstić information content (AvgIpc) is 3.95. The molecule has 59 heavy (non-hydrogen) atoms. The van der Waals surface area contributed by atoms with Crippen molar-refractivity contribution in [3.8, 4) is 0 Å². The molecule has 322 valence electrons. The van der Waals surface area contributed by atoms with Gasteiger partial charge in [0.2, 0.25) is 5.95 Å². The fourth-order valence-corrected chi connectivity index (χ4v) is 6.43. The Labute approximate surface area is 327 Å². The quantitative estimate of drug-likeness (QED) is 0.0706. The monoisotopic (exact) mass is 838 g/mol. The molecule has 30 heteroatoms. The standard InChI is InChI=1S/C10H14N6O5.C10H14N6O4.C9H14N4O5/c11-9-14-6-4(7(19)15-9)13-2-16(6)8-10(12,20)5(18)3(1-17)21-8;11-7-5-8(14-2-13-7)16(3-15-5)9-10(12,19)6(18)4(1-17)20-9;10-5-1-2-13(8(16)12-5)7-9(11,17)6(15)4(3-14)18-7/h2-3,5,8,17-18,20H,1,12H2,(H3,11,14,15,19);2-4,6,9,17-19H,1,12H2,(H2,11,13,14);1-2,4,6-7,14-15,17H,3,11H2,(H2,10,12,16)/t3-,5-,8-,10-;4-,6-,9-,10-;4-,6-,7-,9-/m111/s1. The lowest BCUT2D eigenvalue weighted by molar-refractivity contribution is -0.107. The lowest BCUT2D eigenvalue weighted by atomic mass is 10.1. The lowest BCUT2D eigenvalue weighted by Gasteiger charge is -2.26. The maximum absolute atomic E-state index is 11.7. The zero-order valence-electron chi connectivity index (χ0n) is 30.3. The van der Waals surface area contributed by atoms with Crippen LogP contribution in [-0.2, 0) is 14.2 Å². The van der Waals surface area contributed by atoms with E-state index in [9.17, 15) is 40.2 Å². The second-order valence-electron chi connectivity index (χ2n) is 13.5. The molecule has 3 aliphatic rings. The van der Waals surface area contributed by atoms with E-state index in [2.05, 4.69) is 34.9 Å². The number of rotatable bonds is 6. The highest BCUT2D eigenvalue weighted by atomic mass is 16.6. The third kappa shape index (κ3) is 7.54. The number of H-pyrrole nitrogens is 1. The zero-order valence-corrected chi connectivity index (χ0v) is 30.3. The van der Waals surface area contributed by atoms with Gasteiger partial charge in [0.1, 0.15) is 54.3 Å². The molecule has 0 saturated carbocycles. The number of aromatic nitrogens is 10. The number of hydrogen-bond donors (Lipinski definition) is 16. The number of nitrogens with one attached hydrogen (secondary N) is 1. The van der Waals surface area contributed by atoms with E-state index in [-0.39, 0.29) is 28.7 Å². The van der Waals surface area contributed by atoms with E-state index in [4.69, 9.17) is 63.9 Å². The van der Waals surface area contributed by atoms with E-state index >= 15 is 0 Å². The number of nitrogen functional groups attached to an aromatic ring is 3. The van der Waals surface area contributed by atoms with E-state index in [1.54, 1.807) is 0 Å². The number of ether oxygens (including phenoxy) is 3. The van der Waals surface area contributed by atoms with Crippen LogP contribution >= 0.6 is 0 Å². The number of hydrogen-bond acceptors (Lipinski definition) is 26. The third-order valence-electron chi connectivity index (χ3n) is 9.56. The van der Waals surface area contributed by atoms with E-state index in [1.165, 1.54) is 40.4 Å². The molecule has 0 radical (unpaired) electrons. The van der Waals surface area contributed by atoms with Gasteiger partial charge in [0.05, 0.1) is 32.5 Å². The Morgan fingerprint density at radius 2 is 1.12 bits per heavy atom. The molecule has 3 saturated heterocycles. The number of nitrogens with zero attached hydrogens (tertiary/aromatic N) is 9. The van der Waals surface area contributed by atoms with Crippen LogP contribution in [0.25, 0.3) is 22.3 Å². The molecule has 8 heterocycles. The van der Waals surface area contributed by atoms with Crippen molar-refractivity contribution in [3.63, 3.8) is 0 Å². The highest BCUT2D eigenvalue weighted by molar-refractivity contribution is 5.81. The number of aliphatic hydroxyl groups excluding tert-OH is 6. The summed E-state index contributed by atoms with van der Waals surface area (Å²) in [5, 5.41) is 86.9. The maximum Gasteiger partial charge on any atom is 0.351 e. The van der Waals surface area contributed by atoms with Crippen molar-refractivity contribution in [2.45, 2.75) is 72.5 Å². The summed E-state index contributed by atoms with van der Waals surface area (Å²) in [4.78, 5) is 48.6. The van der Waals surface area contributed by atoms with Crippen LogP contribution in [0, 0.1) is 0 Å². The first-order chi connectivity index (χ1) is 27.7. The summed E-state index contributed by atoms with van der Waals surface area (Å²) in [5.41, 5.74) is 26.1. The Kier molecular flexibility index (Phi) is 11.7. The van der Waals surface area contributed by atoms with Crippen LogP contribution in [-0.4, -0.2) is 168 Å². The number of aliphatic hydroxyl groups is 9. The molecule has 0 bridgehead atoms. The first-order valence-electron chi connectivity index (χ1n) is 17.1. The summed E-state index contributed by atoms with van der Waals surface area (Å²) in [6.07, 6.45) is -6.51. The molecule has 0 aliphatic carbocycles. The van der Waals surface area contributed by atoms with E-state index in [1.807, 2.05) is 0 Å². The van der Waals surface area contributed by atoms with Gasteiger partial charge >= 0.3 is 5.69 Å². The first kappa shape index (κ1) is 43.2. The highest BCUT2D eigenvalue weighted by Gasteiger charge is 2.56. The molecule has 0 aromatic carbocycles. The summed E-state index contributed by atoms with van der Waals surface area (Å²) in [5.74, 6) is 0.0349. The first-order valence-corrected chi connectivity index (χ1v) is 17.1. The minimum Gasteiger partial charge on any atom is -0.394 e. The van der Waals surface area contributed by atoms with Gasteiger partial charge in [-0.05, 0) is 6.07 Å². The Morgan fingerprint density at radius 3 is 1.58 bits per heavy atom. The summed E-state index contributed by atoms with van der Waals surface area (Å²) in [7, 11) is 0. The number of aromatic amines is 1. The van der Waals surface area contributed by atoms with E-state index in [0.29, 0.717) is 11.2 Å². The van der Waals surface area contributed by atoms with Gasteiger partial charge in [-0.25, -0.2) is 24.7 Å². The Bertz CT molecular complexity index is 2400. The third-order valence-corrected chi connectivity index (χ3v) is 9.56. The minimum atomic E-state index is -2.21. The largest absolute Gasteiger partial charge is 0.394 e.